The highest BCUT2D eigenvalue weighted by Gasteiger charge is 2.38. The summed E-state index contributed by atoms with van der Waals surface area (Å²) in [4.78, 5) is 0. The molecule has 0 amide bonds. The molecule has 0 radical (unpaired) electrons. The van der Waals surface area contributed by atoms with Crippen LogP contribution in [0, 0.1) is 11.8 Å². The molecule has 0 aromatic rings. The van der Waals surface area contributed by atoms with Crippen LogP contribution in [0.1, 0.15) is 53.4 Å². The Balaban J connectivity index is 2.69. The van der Waals surface area contributed by atoms with Crippen molar-refractivity contribution in [2.75, 3.05) is 6.61 Å². The van der Waals surface area contributed by atoms with Gasteiger partial charge in [-0.3, -0.25) is 0 Å². The SMILES string of the molecule is C=C/C=C(/C)[C@H]1CCCC[C@@H]1CO[Si](C)(C)C(C)(C)C. The second-order valence-corrected chi connectivity index (χ2v) is 12.7. The van der Waals surface area contributed by atoms with Crippen molar-refractivity contribution in [1.29, 1.82) is 0 Å². The quantitative estimate of drug-likeness (QED) is 0.450. The van der Waals surface area contributed by atoms with Gasteiger partial charge in [-0.1, -0.05) is 57.9 Å². The summed E-state index contributed by atoms with van der Waals surface area (Å²) in [6.45, 7) is 18.7. The summed E-state index contributed by atoms with van der Waals surface area (Å²) in [7, 11) is -1.61. The lowest BCUT2D eigenvalue weighted by Crippen LogP contribution is -2.43. The molecule has 0 heterocycles. The summed E-state index contributed by atoms with van der Waals surface area (Å²) in [6.07, 6.45) is 9.49. The van der Waals surface area contributed by atoms with E-state index in [4.69, 9.17) is 4.43 Å². The van der Waals surface area contributed by atoms with Crippen LogP contribution >= 0.6 is 0 Å². The Morgan fingerprint density at radius 3 is 2.40 bits per heavy atom. The molecule has 20 heavy (non-hydrogen) atoms. The van der Waals surface area contributed by atoms with Crippen LogP contribution in [-0.2, 0) is 4.43 Å². The van der Waals surface area contributed by atoms with Gasteiger partial charge in [0.05, 0.1) is 0 Å². The summed E-state index contributed by atoms with van der Waals surface area (Å²) in [5, 5.41) is 0.309. The van der Waals surface area contributed by atoms with E-state index in [1.54, 1.807) is 0 Å². The lowest BCUT2D eigenvalue weighted by Gasteiger charge is -2.40. The highest BCUT2D eigenvalue weighted by atomic mass is 28.4. The zero-order chi connectivity index (χ0) is 15.4. The molecule has 0 saturated heterocycles. The van der Waals surface area contributed by atoms with Crippen molar-refractivity contribution in [2.45, 2.75) is 71.5 Å². The fraction of sp³-hybridized carbons (Fsp3) is 0.778. The van der Waals surface area contributed by atoms with Gasteiger partial charge < -0.3 is 4.43 Å². The highest BCUT2D eigenvalue weighted by molar-refractivity contribution is 6.74. The zero-order valence-corrected chi connectivity index (χ0v) is 15.5. The Hall–Kier alpha value is -0.343. The highest BCUT2D eigenvalue weighted by Crippen LogP contribution is 2.40. The molecule has 1 fully saturated rings. The third-order valence-corrected chi connectivity index (χ3v) is 9.84. The number of hydrogen-bond acceptors (Lipinski definition) is 1. The van der Waals surface area contributed by atoms with Gasteiger partial charge >= 0.3 is 0 Å². The molecule has 1 aliphatic rings. The molecule has 2 atom stereocenters. The molecule has 0 aromatic carbocycles. The third-order valence-electron chi connectivity index (χ3n) is 5.34. The second-order valence-electron chi connectivity index (χ2n) is 7.87. The summed E-state index contributed by atoms with van der Waals surface area (Å²) in [5.41, 5.74) is 1.49. The first kappa shape index (κ1) is 17.7. The van der Waals surface area contributed by atoms with E-state index >= 15 is 0 Å². The third kappa shape index (κ3) is 4.59. The van der Waals surface area contributed by atoms with Crippen molar-refractivity contribution < 1.29 is 4.43 Å². The Morgan fingerprint density at radius 2 is 1.85 bits per heavy atom. The molecule has 0 aliphatic heterocycles. The molecule has 1 nitrogen and oxygen atoms in total. The standard InChI is InChI=1S/C18H34OSi/c1-8-11-15(2)17-13-10-9-12-16(17)14-19-20(6,7)18(3,4)5/h8,11,16-17H,1,9-10,12-14H2,2-7H3/b15-11-/t16-,17-/m1/s1. The maximum Gasteiger partial charge on any atom is 0.191 e. The van der Waals surface area contributed by atoms with Crippen LogP contribution < -0.4 is 0 Å². The van der Waals surface area contributed by atoms with Crippen molar-refractivity contribution >= 4 is 8.32 Å². The normalized spacial score (nSPS) is 25.6. The molecule has 0 bridgehead atoms. The van der Waals surface area contributed by atoms with E-state index in [0.29, 0.717) is 16.9 Å². The maximum atomic E-state index is 6.48. The van der Waals surface area contributed by atoms with Gasteiger partial charge in [0.1, 0.15) is 0 Å². The van der Waals surface area contributed by atoms with Crippen LogP contribution in [0.2, 0.25) is 18.1 Å². The fourth-order valence-electron chi connectivity index (χ4n) is 2.85. The second kappa shape index (κ2) is 7.08. The molecule has 1 saturated carbocycles. The first-order valence-corrected chi connectivity index (χ1v) is 11.0. The average molecular weight is 295 g/mol. The van der Waals surface area contributed by atoms with E-state index in [0.717, 1.165) is 6.61 Å². The van der Waals surface area contributed by atoms with Gasteiger partial charge in [-0.15, -0.1) is 0 Å². The summed E-state index contributed by atoms with van der Waals surface area (Å²) >= 11 is 0. The largest absolute Gasteiger partial charge is 0.417 e. The average Bonchev–Trinajstić information content (AvgIpc) is 2.35. The topological polar surface area (TPSA) is 9.23 Å². The van der Waals surface area contributed by atoms with Crippen LogP contribution in [0.5, 0.6) is 0 Å². The summed E-state index contributed by atoms with van der Waals surface area (Å²) < 4.78 is 6.48. The van der Waals surface area contributed by atoms with Gasteiger partial charge in [0.25, 0.3) is 0 Å². The minimum absolute atomic E-state index is 0.309. The molecule has 0 spiro atoms. The van der Waals surface area contributed by atoms with Crippen molar-refractivity contribution in [2.24, 2.45) is 11.8 Å². The summed E-state index contributed by atoms with van der Waals surface area (Å²) in [6, 6.07) is 0. The number of hydrogen-bond donors (Lipinski definition) is 0. The molecule has 0 N–H and O–H groups in total. The van der Waals surface area contributed by atoms with Crippen LogP contribution in [0.25, 0.3) is 0 Å². The molecule has 116 valence electrons. The van der Waals surface area contributed by atoms with Gasteiger partial charge in [0.2, 0.25) is 0 Å². The zero-order valence-electron chi connectivity index (χ0n) is 14.5. The predicted molar refractivity (Wildman–Crippen MR) is 92.6 cm³/mol. The molecule has 2 heteroatoms. The Kier molecular flexibility index (Phi) is 6.27. The van der Waals surface area contributed by atoms with E-state index in [1.807, 2.05) is 6.08 Å². The first-order chi connectivity index (χ1) is 9.19. The number of allylic oxidation sites excluding steroid dienone is 3. The van der Waals surface area contributed by atoms with Crippen LogP contribution in [-0.4, -0.2) is 14.9 Å². The maximum absolute atomic E-state index is 6.48. The Bertz CT molecular complexity index is 349. The van der Waals surface area contributed by atoms with Gasteiger partial charge in [-0.05, 0) is 49.7 Å². The summed E-state index contributed by atoms with van der Waals surface area (Å²) in [5.74, 6) is 1.40. The molecular weight excluding hydrogens is 260 g/mol. The molecule has 0 unspecified atom stereocenters. The van der Waals surface area contributed by atoms with Gasteiger partial charge in [0, 0.05) is 6.61 Å². The van der Waals surface area contributed by atoms with Crippen molar-refractivity contribution in [3.05, 3.63) is 24.3 Å². The van der Waals surface area contributed by atoms with E-state index in [1.165, 1.54) is 31.3 Å². The number of rotatable bonds is 5. The predicted octanol–water partition coefficient (Wildman–Crippen LogP) is 5.95. The van der Waals surface area contributed by atoms with E-state index in [-0.39, 0.29) is 0 Å². The molecule has 1 rings (SSSR count). The van der Waals surface area contributed by atoms with Gasteiger partial charge in [-0.25, -0.2) is 0 Å². The molecule has 0 aromatic heterocycles. The Morgan fingerprint density at radius 1 is 1.25 bits per heavy atom. The lowest BCUT2D eigenvalue weighted by atomic mass is 9.76. The first-order valence-electron chi connectivity index (χ1n) is 8.12. The Labute approximate surface area is 127 Å². The minimum atomic E-state index is -1.61. The monoisotopic (exact) mass is 294 g/mol. The minimum Gasteiger partial charge on any atom is -0.417 e. The van der Waals surface area contributed by atoms with Gasteiger partial charge in [0.15, 0.2) is 8.32 Å². The smallest absolute Gasteiger partial charge is 0.191 e. The van der Waals surface area contributed by atoms with E-state index in [9.17, 15) is 0 Å². The van der Waals surface area contributed by atoms with Gasteiger partial charge in [-0.2, -0.15) is 0 Å². The molecule has 1 aliphatic carbocycles. The van der Waals surface area contributed by atoms with E-state index < -0.39 is 8.32 Å². The van der Waals surface area contributed by atoms with Crippen LogP contribution in [0.4, 0.5) is 0 Å². The van der Waals surface area contributed by atoms with E-state index in [2.05, 4.69) is 53.4 Å². The molecular formula is C18H34OSi. The van der Waals surface area contributed by atoms with Crippen LogP contribution in [0.15, 0.2) is 24.3 Å². The fourth-order valence-corrected chi connectivity index (χ4v) is 3.91. The van der Waals surface area contributed by atoms with Crippen molar-refractivity contribution in [3.8, 4) is 0 Å². The lowest BCUT2D eigenvalue weighted by molar-refractivity contribution is 0.156. The van der Waals surface area contributed by atoms with Crippen molar-refractivity contribution in [1.82, 2.24) is 0 Å². The van der Waals surface area contributed by atoms with Crippen LogP contribution in [0.3, 0.4) is 0 Å². The van der Waals surface area contributed by atoms with Crippen molar-refractivity contribution in [3.63, 3.8) is 0 Å².